The van der Waals surface area contributed by atoms with E-state index in [4.69, 9.17) is 23.7 Å². The van der Waals surface area contributed by atoms with Crippen molar-refractivity contribution in [1.82, 2.24) is 24.4 Å². The number of ether oxygens (including phenoxy) is 5. The van der Waals surface area contributed by atoms with Gasteiger partial charge < -0.3 is 23.7 Å². The van der Waals surface area contributed by atoms with Crippen molar-refractivity contribution in [2.24, 2.45) is 5.92 Å². The second kappa shape index (κ2) is 18.7. The summed E-state index contributed by atoms with van der Waals surface area (Å²) in [7, 11) is 0. The first kappa shape index (κ1) is 47.4. The van der Waals surface area contributed by atoms with Crippen LogP contribution in [-0.2, 0) is 42.9 Å². The topological polar surface area (TPSA) is 205 Å². The SMILES string of the molecule is CC(C)(C)OC(=O)[C@@H]1CC[C@H](c2cc(=O)n3[nH]ccc3n2)CN1C(=O)OC(C)(C)C.CCOC(=O)CC(=O)[C@H]1CC[C@@H](C(=O)OC(C)(C)C)N(C(=O)OC(C)(C)C)C1. The number of likely N-dealkylation sites (tertiary alicyclic amines) is 2. The molecule has 0 bridgehead atoms. The molecule has 4 atom stereocenters. The summed E-state index contributed by atoms with van der Waals surface area (Å²) in [5.74, 6) is -2.64. The van der Waals surface area contributed by atoms with E-state index in [1.807, 2.05) is 0 Å². The van der Waals surface area contributed by atoms with Crippen molar-refractivity contribution < 1.29 is 52.5 Å². The Hall–Kier alpha value is -4.96. The maximum atomic E-state index is 12.9. The number of nitrogens with one attached hydrogen (secondary N) is 1. The molecule has 0 aromatic carbocycles. The van der Waals surface area contributed by atoms with Gasteiger partial charge in [-0.3, -0.25) is 29.3 Å². The lowest BCUT2D eigenvalue weighted by Gasteiger charge is -2.39. The van der Waals surface area contributed by atoms with Crippen LogP contribution in [0.5, 0.6) is 0 Å². The number of aromatic amines is 1. The number of nitrogens with zero attached hydrogens (tertiary/aromatic N) is 4. The van der Waals surface area contributed by atoms with Crippen LogP contribution < -0.4 is 5.56 Å². The van der Waals surface area contributed by atoms with E-state index >= 15 is 0 Å². The number of carbonyl (C=O) groups is 6. The van der Waals surface area contributed by atoms with Gasteiger partial charge in [-0.2, -0.15) is 0 Å². The molecule has 58 heavy (non-hydrogen) atoms. The van der Waals surface area contributed by atoms with Gasteiger partial charge in [0.15, 0.2) is 5.65 Å². The molecule has 4 heterocycles. The maximum absolute atomic E-state index is 12.9. The quantitative estimate of drug-likeness (QED) is 0.202. The number of H-pyrrole nitrogens is 1. The Balaban J connectivity index is 0.000000311. The standard InChI is InChI=1S/C21H30N4O5.C20H33NO7/c1-20(2,3)29-18(27)15-8-7-13(12-24(15)19(28)30-21(4,5)6)14-11-17(26)25-16(23-14)9-10-22-25;1-8-26-16(23)11-15(22)13-9-10-14(17(24)27-19(2,3)4)21(12-13)18(25)28-20(5,6)7/h9-11,13,15,22H,7-8,12H2,1-6H3;13-14H,8-12H2,1-7H3/t13-,15-;13-,14-/m00/s1. The first-order valence-corrected chi connectivity index (χ1v) is 19.8. The molecule has 0 spiro atoms. The van der Waals surface area contributed by atoms with E-state index in [0.717, 1.165) is 0 Å². The predicted octanol–water partition coefficient (Wildman–Crippen LogP) is 5.71. The van der Waals surface area contributed by atoms with Gasteiger partial charge >= 0.3 is 30.1 Å². The van der Waals surface area contributed by atoms with Crippen molar-refractivity contribution in [2.75, 3.05) is 19.7 Å². The highest BCUT2D eigenvalue weighted by Gasteiger charge is 2.43. The molecule has 2 fully saturated rings. The Morgan fingerprint density at radius 2 is 1.19 bits per heavy atom. The summed E-state index contributed by atoms with van der Waals surface area (Å²) in [6.45, 7) is 23.2. The number of ketones is 1. The summed E-state index contributed by atoms with van der Waals surface area (Å²) in [5.41, 5.74) is -1.94. The van der Waals surface area contributed by atoms with Gasteiger partial charge in [-0.05, 0) is 116 Å². The average Bonchev–Trinajstić information content (AvgIpc) is 3.55. The van der Waals surface area contributed by atoms with Gasteiger partial charge in [-0.25, -0.2) is 28.7 Å². The number of aromatic nitrogens is 3. The van der Waals surface area contributed by atoms with Crippen LogP contribution in [0, 0.1) is 5.92 Å². The molecule has 0 saturated carbocycles. The zero-order valence-electron chi connectivity index (χ0n) is 36.4. The molecular weight excluding hydrogens is 754 g/mol. The van der Waals surface area contributed by atoms with Crippen molar-refractivity contribution in [2.45, 2.75) is 163 Å². The molecule has 2 aliphatic heterocycles. The highest BCUT2D eigenvalue weighted by molar-refractivity contribution is 5.97. The zero-order valence-corrected chi connectivity index (χ0v) is 36.4. The van der Waals surface area contributed by atoms with Gasteiger partial charge in [0.05, 0.1) is 12.3 Å². The monoisotopic (exact) mass is 817 g/mol. The Morgan fingerprint density at radius 1 is 0.707 bits per heavy atom. The lowest BCUT2D eigenvalue weighted by atomic mass is 9.88. The van der Waals surface area contributed by atoms with Crippen molar-refractivity contribution >= 4 is 41.5 Å². The predicted molar refractivity (Wildman–Crippen MR) is 212 cm³/mol. The highest BCUT2D eigenvalue weighted by atomic mass is 16.6. The number of fused-ring (bicyclic) bond motifs is 1. The highest BCUT2D eigenvalue weighted by Crippen LogP contribution is 2.32. The molecule has 17 nitrogen and oxygen atoms in total. The zero-order chi connectivity index (χ0) is 44.0. The normalized spacial score (nSPS) is 20.3. The van der Waals surface area contributed by atoms with Crippen molar-refractivity contribution in [1.29, 1.82) is 0 Å². The smallest absolute Gasteiger partial charge is 0.411 e. The summed E-state index contributed by atoms with van der Waals surface area (Å²) in [5, 5.41) is 2.81. The number of piperidine rings is 2. The number of esters is 3. The summed E-state index contributed by atoms with van der Waals surface area (Å²) in [6.07, 6.45) is 1.65. The number of Topliss-reactive ketones (excluding diaryl/α,β-unsaturated/α-hetero) is 1. The second-order valence-electron chi connectivity index (χ2n) is 18.5. The molecule has 17 heteroatoms. The average molecular weight is 818 g/mol. The van der Waals surface area contributed by atoms with Gasteiger partial charge in [-0.1, -0.05) is 0 Å². The molecular formula is C41H63N5O12. The third-order valence-electron chi connectivity index (χ3n) is 8.68. The Labute approximate surface area is 340 Å². The van der Waals surface area contributed by atoms with E-state index in [2.05, 4.69) is 10.1 Å². The fraction of sp³-hybridized carbons (Fsp3) is 0.707. The van der Waals surface area contributed by atoms with E-state index in [1.54, 1.807) is 102 Å². The molecule has 2 saturated heterocycles. The summed E-state index contributed by atoms with van der Waals surface area (Å²) >= 11 is 0. The first-order chi connectivity index (χ1) is 26.6. The molecule has 324 valence electrons. The minimum absolute atomic E-state index is 0.00292. The van der Waals surface area contributed by atoms with Gasteiger partial charge in [0.25, 0.3) is 5.56 Å². The number of rotatable bonds is 7. The lowest BCUT2D eigenvalue weighted by Crippen LogP contribution is -2.54. The molecule has 0 unspecified atom stereocenters. The fourth-order valence-corrected chi connectivity index (χ4v) is 6.37. The number of carbonyl (C=O) groups excluding carboxylic acids is 6. The van der Waals surface area contributed by atoms with Crippen LogP contribution in [-0.4, -0.2) is 114 Å². The minimum atomic E-state index is -0.833. The van der Waals surface area contributed by atoms with Gasteiger partial charge in [0.2, 0.25) is 0 Å². The minimum Gasteiger partial charge on any atom is -0.466 e. The van der Waals surface area contributed by atoms with Crippen LogP contribution in [0.4, 0.5) is 9.59 Å². The van der Waals surface area contributed by atoms with E-state index in [9.17, 15) is 33.6 Å². The van der Waals surface area contributed by atoms with Crippen LogP contribution in [0.2, 0.25) is 0 Å². The van der Waals surface area contributed by atoms with Crippen molar-refractivity contribution in [3.05, 3.63) is 34.4 Å². The molecule has 1 N–H and O–H groups in total. The third kappa shape index (κ3) is 14.5. The number of hydrogen-bond donors (Lipinski definition) is 1. The fourth-order valence-electron chi connectivity index (χ4n) is 6.37. The molecule has 0 radical (unpaired) electrons. The maximum Gasteiger partial charge on any atom is 0.411 e. The third-order valence-corrected chi connectivity index (χ3v) is 8.68. The van der Waals surface area contributed by atoms with Crippen LogP contribution in [0.25, 0.3) is 5.65 Å². The number of hydrogen-bond acceptors (Lipinski definition) is 13. The van der Waals surface area contributed by atoms with Crippen LogP contribution >= 0.6 is 0 Å². The van der Waals surface area contributed by atoms with E-state index in [0.29, 0.717) is 30.6 Å². The van der Waals surface area contributed by atoms with Crippen molar-refractivity contribution in [3.8, 4) is 0 Å². The Bertz CT molecular complexity index is 1860. The summed E-state index contributed by atoms with van der Waals surface area (Å²) in [4.78, 5) is 94.6. The first-order valence-electron chi connectivity index (χ1n) is 19.8. The summed E-state index contributed by atoms with van der Waals surface area (Å²) in [6, 6.07) is 1.60. The molecule has 2 aliphatic rings. The van der Waals surface area contributed by atoms with E-state index < -0.39 is 70.5 Å². The molecule has 2 aromatic rings. The van der Waals surface area contributed by atoms with Gasteiger partial charge in [0.1, 0.15) is 46.7 Å². The van der Waals surface area contributed by atoms with Crippen LogP contribution in [0.1, 0.15) is 134 Å². The Morgan fingerprint density at radius 3 is 1.67 bits per heavy atom. The van der Waals surface area contributed by atoms with Crippen molar-refractivity contribution in [3.63, 3.8) is 0 Å². The molecule has 2 aromatic heterocycles. The number of amides is 2. The molecule has 4 rings (SSSR count). The second-order valence-corrected chi connectivity index (χ2v) is 18.5. The van der Waals surface area contributed by atoms with E-state index in [-0.39, 0.29) is 49.8 Å². The van der Waals surface area contributed by atoms with Gasteiger partial charge in [-0.15, -0.1) is 0 Å². The van der Waals surface area contributed by atoms with E-state index in [1.165, 1.54) is 20.4 Å². The molecule has 2 amide bonds. The molecule has 0 aliphatic carbocycles. The Kier molecular flexibility index (Phi) is 15.3. The van der Waals surface area contributed by atoms with Crippen LogP contribution in [0.15, 0.2) is 23.1 Å². The summed E-state index contributed by atoms with van der Waals surface area (Å²) < 4.78 is 28.1. The lowest BCUT2D eigenvalue weighted by molar-refractivity contribution is -0.164. The van der Waals surface area contributed by atoms with Crippen LogP contribution in [0.3, 0.4) is 0 Å². The largest absolute Gasteiger partial charge is 0.466 e. The van der Waals surface area contributed by atoms with Gasteiger partial charge in [0, 0.05) is 43.3 Å².